The minimum absolute atomic E-state index is 0.0467. The Kier molecular flexibility index (Phi) is 3.46. The minimum Gasteiger partial charge on any atom is -0.487 e. The van der Waals surface area contributed by atoms with Crippen LogP contribution in [0.4, 0.5) is 0 Å². The van der Waals surface area contributed by atoms with Crippen LogP contribution < -0.4 is 4.74 Å². The lowest BCUT2D eigenvalue weighted by Crippen LogP contribution is -2.45. The maximum absolute atomic E-state index is 11.5. The molecule has 2 heteroatoms. The van der Waals surface area contributed by atoms with E-state index in [-0.39, 0.29) is 16.8 Å². The lowest BCUT2D eigenvalue weighted by atomic mass is 9.70. The molecule has 0 radical (unpaired) electrons. The molecule has 0 fully saturated rings. The molecule has 1 aliphatic heterocycles. The van der Waals surface area contributed by atoms with Crippen LogP contribution in [0.2, 0.25) is 0 Å². The third kappa shape index (κ3) is 2.41. The molecule has 2 rings (SSSR count). The fourth-order valence-corrected chi connectivity index (χ4v) is 3.18. The van der Waals surface area contributed by atoms with Crippen molar-refractivity contribution in [2.45, 2.75) is 64.9 Å². The van der Waals surface area contributed by atoms with Gasteiger partial charge in [-0.25, -0.2) is 0 Å². The van der Waals surface area contributed by atoms with Gasteiger partial charge in [-0.05, 0) is 49.8 Å². The van der Waals surface area contributed by atoms with E-state index < -0.39 is 0 Å². The van der Waals surface area contributed by atoms with E-state index in [2.05, 4.69) is 27.7 Å². The molecule has 19 heavy (non-hydrogen) atoms. The molecule has 1 aromatic carbocycles. The maximum atomic E-state index is 11.5. The molecular formula is C17H24O2. The highest BCUT2D eigenvalue weighted by atomic mass is 16.5. The molecule has 0 N–H and O–H groups in total. The van der Waals surface area contributed by atoms with Gasteiger partial charge in [0.2, 0.25) is 0 Å². The molecule has 0 aliphatic carbocycles. The number of Topliss-reactive ketones (excluding diaryl/α,β-unsaturated/α-hetero) is 1. The second kappa shape index (κ2) is 4.66. The molecular weight excluding hydrogens is 236 g/mol. The summed E-state index contributed by atoms with van der Waals surface area (Å²) in [4.78, 5) is 11.5. The van der Waals surface area contributed by atoms with Crippen LogP contribution in [0.1, 0.15) is 69.8 Å². The van der Waals surface area contributed by atoms with E-state index in [0.29, 0.717) is 0 Å². The van der Waals surface area contributed by atoms with Crippen molar-refractivity contribution in [2.75, 3.05) is 0 Å². The predicted molar refractivity (Wildman–Crippen MR) is 78.0 cm³/mol. The molecule has 0 amide bonds. The van der Waals surface area contributed by atoms with Crippen LogP contribution in [-0.4, -0.2) is 11.4 Å². The van der Waals surface area contributed by atoms with Gasteiger partial charge in [0.05, 0.1) is 0 Å². The number of hydrogen-bond acceptors (Lipinski definition) is 2. The first kappa shape index (κ1) is 14.1. The Bertz CT molecular complexity index is 496. The van der Waals surface area contributed by atoms with Gasteiger partial charge in [0.15, 0.2) is 5.78 Å². The fraction of sp³-hybridized carbons (Fsp3) is 0.588. The van der Waals surface area contributed by atoms with Crippen LogP contribution in [0.3, 0.4) is 0 Å². The Balaban J connectivity index is 2.52. The molecule has 1 aromatic rings. The van der Waals surface area contributed by atoms with Gasteiger partial charge in [0.25, 0.3) is 0 Å². The van der Waals surface area contributed by atoms with E-state index in [1.165, 1.54) is 0 Å². The molecule has 0 saturated carbocycles. The van der Waals surface area contributed by atoms with Crippen LogP contribution in [-0.2, 0) is 5.41 Å². The van der Waals surface area contributed by atoms with Crippen molar-refractivity contribution in [1.29, 1.82) is 0 Å². The molecule has 1 heterocycles. The van der Waals surface area contributed by atoms with Crippen molar-refractivity contribution in [2.24, 2.45) is 0 Å². The van der Waals surface area contributed by atoms with Gasteiger partial charge in [0.1, 0.15) is 11.4 Å². The number of carbonyl (C=O) groups is 1. The number of carbonyl (C=O) groups excluding carboxylic acids is 1. The summed E-state index contributed by atoms with van der Waals surface area (Å²) in [7, 11) is 0. The Morgan fingerprint density at radius 1 is 1.26 bits per heavy atom. The van der Waals surface area contributed by atoms with Crippen molar-refractivity contribution >= 4 is 5.78 Å². The van der Waals surface area contributed by atoms with Gasteiger partial charge < -0.3 is 4.74 Å². The normalized spacial score (nSPS) is 19.4. The lowest BCUT2D eigenvalue weighted by Gasteiger charge is -2.45. The summed E-state index contributed by atoms with van der Waals surface area (Å²) in [5, 5.41) is 0. The third-order valence-corrected chi connectivity index (χ3v) is 4.49. The highest BCUT2D eigenvalue weighted by Crippen LogP contribution is 2.47. The fourth-order valence-electron chi connectivity index (χ4n) is 3.18. The highest BCUT2D eigenvalue weighted by Gasteiger charge is 2.42. The Morgan fingerprint density at radius 3 is 2.42 bits per heavy atom. The first-order valence-corrected chi connectivity index (χ1v) is 7.18. The summed E-state index contributed by atoms with van der Waals surface area (Å²) in [6, 6.07) is 5.85. The zero-order chi connectivity index (χ0) is 14.3. The summed E-state index contributed by atoms with van der Waals surface area (Å²) in [5.41, 5.74) is 1.92. The van der Waals surface area contributed by atoms with Crippen LogP contribution in [0.15, 0.2) is 18.2 Å². The zero-order valence-electron chi connectivity index (χ0n) is 12.7. The number of ether oxygens (including phenoxy) is 1. The topological polar surface area (TPSA) is 26.3 Å². The molecule has 0 atom stereocenters. The smallest absolute Gasteiger partial charge is 0.159 e. The average Bonchev–Trinajstić information content (AvgIpc) is 2.37. The summed E-state index contributed by atoms with van der Waals surface area (Å²) < 4.78 is 6.28. The van der Waals surface area contributed by atoms with Crippen molar-refractivity contribution in [3.63, 3.8) is 0 Å². The number of ketones is 1. The van der Waals surface area contributed by atoms with E-state index in [4.69, 9.17) is 4.74 Å². The first-order chi connectivity index (χ1) is 8.83. The van der Waals surface area contributed by atoms with Crippen LogP contribution >= 0.6 is 0 Å². The quantitative estimate of drug-likeness (QED) is 0.747. The molecule has 0 unspecified atom stereocenters. The number of benzene rings is 1. The predicted octanol–water partition coefficient (Wildman–Crippen LogP) is 4.51. The summed E-state index contributed by atoms with van der Waals surface area (Å²) >= 11 is 0. The number of rotatable bonds is 3. The van der Waals surface area contributed by atoms with Gasteiger partial charge in [-0.15, -0.1) is 0 Å². The Labute approximate surface area is 116 Å². The standard InChI is InChI=1S/C17H24O2/c1-6-17(7-2)11-16(4,5)14-10-13(12(3)18)8-9-15(14)19-17/h8-10H,6-7,11H2,1-5H3. The van der Waals surface area contributed by atoms with Crippen LogP contribution in [0.25, 0.3) is 0 Å². The van der Waals surface area contributed by atoms with E-state index >= 15 is 0 Å². The molecule has 0 spiro atoms. The largest absolute Gasteiger partial charge is 0.487 e. The highest BCUT2D eigenvalue weighted by molar-refractivity contribution is 5.94. The number of hydrogen-bond donors (Lipinski definition) is 0. The molecule has 0 saturated heterocycles. The van der Waals surface area contributed by atoms with E-state index in [1.54, 1.807) is 6.92 Å². The number of fused-ring (bicyclic) bond motifs is 1. The Hall–Kier alpha value is -1.31. The van der Waals surface area contributed by atoms with Crippen molar-refractivity contribution < 1.29 is 9.53 Å². The van der Waals surface area contributed by atoms with Crippen LogP contribution in [0.5, 0.6) is 5.75 Å². The first-order valence-electron chi connectivity index (χ1n) is 7.18. The van der Waals surface area contributed by atoms with Crippen molar-refractivity contribution in [3.05, 3.63) is 29.3 Å². The lowest BCUT2D eigenvalue weighted by molar-refractivity contribution is 0.0117. The van der Waals surface area contributed by atoms with E-state index in [9.17, 15) is 4.79 Å². The summed E-state index contributed by atoms with van der Waals surface area (Å²) in [6.07, 6.45) is 3.03. The maximum Gasteiger partial charge on any atom is 0.159 e. The second-order valence-electron chi connectivity index (χ2n) is 6.32. The molecule has 104 valence electrons. The molecule has 2 nitrogen and oxygen atoms in total. The molecule has 0 bridgehead atoms. The van der Waals surface area contributed by atoms with Crippen molar-refractivity contribution in [3.8, 4) is 5.75 Å². The van der Waals surface area contributed by atoms with E-state index in [1.807, 2.05) is 18.2 Å². The van der Waals surface area contributed by atoms with Crippen LogP contribution in [0, 0.1) is 0 Å². The van der Waals surface area contributed by atoms with Gasteiger partial charge in [-0.2, -0.15) is 0 Å². The molecule has 1 aliphatic rings. The van der Waals surface area contributed by atoms with E-state index in [0.717, 1.165) is 36.1 Å². The second-order valence-corrected chi connectivity index (χ2v) is 6.32. The summed E-state index contributed by atoms with van der Waals surface area (Å²) in [5.74, 6) is 1.06. The van der Waals surface area contributed by atoms with Gasteiger partial charge in [-0.1, -0.05) is 27.7 Å². The third-order valence-electron chi connectivity index (χ3n) is 4.49. The van der Waals surface area contributed by atoms with Gasteiger partial charge >= 0.3 is 0 Å². The van der Waals surface area contributed by atoms with Crippen molar-refractivity contribution in [1.82, 2.24) is 0 Å². The summed E-state index contributed by atoms with van der Waals surface area (Å²) in [6.45, 7) is 10.5. The minimum atomic E-state index is -0.0613. The van der Waals surface area contributed by atoms with Gasteiger partial charge in [0, 0.05) is 11.1 Å². The average molecular weight is 260 g/mol. The monoisotopic (exact) mass is 260 g/mol. The Morgan fingerprint density at radius 2 is 1.89 bits per heavy atom. The van der Waals surface area contributed by atoms with Gasteiger partial charge in [-0.3, -0.25) is 4.79 Å². The molecule has 0 aromatic heterocycles. The zero-order valence-corrected chi connectivity index (χ0v) is 12.7. The SMILES string of the molecule is CCC1(CC)CC(C)(C)c2cc(C(C)=O)ccc2O1.